The number of methoxy groups -OCH3 is 1. The zero-order valence-electron chi connectivity index (χ0n) is 24.9. The number of oxazole rings is 1. The quantitative estimate of drug-likeness (QED) is 0.249. The first-order valence-corrected chi connectivity index (χ1v) is 14.8. The lowest BCUT2D eigenvalue weighted by molar-refractivity contribution is -0.134. The molecule has 5 atom stereocenters. The molecule has 4 aromatic rings. The fraction of sp³-hybridized carbons (Fsp3) is 0.294. The molecule has 4 bridgehead atoms. The molecular weight excluding hydrogens is 576 g/mol. The van der Waals surface area contributed by atoms with Gasteiger partial charge in [-0.15, -0.1) is 0 Å². The average molecular weight is 609 g/mol. The highest BCUT2D eigenvalue weighted by atomic mass is 16.5. The number of fused-ring (bicyclic) bond motifs is 4. The van der Waals surface area contributed by atoms with Gasteiger partial charge in [0.15, 0.2) is 23.8 Å². The first kappa shape index (κ1) is 28.6. The van der Waals surface area contributed by atoms with Crippen LogP contribution in [0.1, 0.15) is 70.4 Å². The largest absolute Gasteiger partial charge is 0.469 e. The number of para-hydroxylation sites is 1. The fourth-order valence-electron chi connectivity index (χ4n) is 6.58. The number of aliphatic hydroxyl groups excluding tert-OH is 1. The summed E-state index contributed by atoms with van der Waals surface area (Å²) >= 11 is 0. The molecule has 7 rings (SSSR count). The number of amides is 2. The van der Waals surface area contributed by atoms with Crippen LogP contribution in [-0.4, -0.2) is 47.3 Å². The van der Waals surface area contributed by atoms with Gasteiger partial charge >= 0.3 is 5.97 Å². The van der Waals surface area contributed by atoms with Gasteiger partial charge in [-0.25, -0.2) is 9.78 Å². The summed E-state index contributed by atoms with van der Waals surface area (Å²) in [4.78, 5) is 45.1. The standard InChI is InChI=1S/C34H32N4O7/c1-17(2)25-31-38-26(32(42)43-3)28(45-31)34-20-11-7-8-12-22(20)36-33(34)44-24-14-13-18(15-21(24)34)16-23(29(40)37-25)35-30(41)27(39)19-9-5-4-6-10-19/h4-15,17,23,25,27,33,36,39H,16H2,1-3H3,(H,35,41)(H,37,40)/t23-,25-,27-,33?,34-/m0/s1. The molecule has 11 nitrogen and oxygen atoms in total. The summed E-state index contributed by atoms with van der Waals surface area (Å²) in [6.45, 7) is 3.77. The van der Waals surface area contributed by atoms with Gasteiger partial charge in [-0.2, -0.15) is 0 Å². The lowest BCUT2D eigenvalue weighted by Crippen LogP contribution is -2.50. The number of rotatable bonds is 5. The van der Waals surface area contributed by atoms with Crippen LogP contribution >= 0.6 is 0 Å². The van der Waals surface area contributed by atoms with Gasteiger partial charge in [0.2, 0.25) is 11.8 Å². The molecule has 230 valence electrons. The lowest BCUT2D eigenvalue weighted by atomic mass is 9.72. The van der Waals surface area contributed by atoms with E-state index >= 15 is 0 Å². The summed E-state index contributed by atoms with van der Waals surface area (Å²) < 4.78 is 18.2. The van der Waals surface area contributed by atoms with Crippen LogP contribution in [0.2, 0.25) is 0 Å². The van der Waals surface area contributed by atoms with Crippen LogP contribution in [0.4, 0.5) is 5.69 Å². The minimum atomic E-state index is -1.48. The van der Waals surface area contributed by atoms with E-state index in [1.165, 1.54) is 7.11 Å². The Morgan fingerprint density at radius 2 is 1.80 bits per heavy atom. The van der Waals surface area contributed by atoms with Crippen molar-refractivity contribution in [1.29, 1.82) is 0 Å². The van der Waals surface area contributed by atoms with E-state index in [4.69, 9.17) is 13.9 Å². The van der Waals surface area contributed by atoms with E-state index in [2.05, 4.69) is 20.9 Å². The van der Waals surface area contributed by atoms with Crippen molar-refractivity contribution in [2.45, 2.75) is 50.1 Å². The van der Waals surface area contributed by atoms with Crippen LogP contribution < -0.4 is 20.7 Å². The molecule has 11 heteroatoms. The number of hydrogen-bond donors (Lipinski definition) is 4. The van der Waals surface area contributed by atoms with Crippen molar-refractivity contribution in [1.82, 2.24) is 15.6 Å². The summed E-state index contributed by atoms with van der Waals surface area (Å²) in [5.41, 5.74) is 2.34. The van der Waals surface area contributed by atoms with E-state index in [1.807, 2.05) is 56.3 Å². The summed E-state index contributed by atoms with van der Waals surface area (Å²) in [5.74, 6) is -1.19. The SMILES string of the molecule is COC(=O)c1nc2oc1[C@@]13c4ccccc4NC1Oc1ccc(cc13)C[C@H](NC(=O)[C@@H](O)c1ccccc1)C(=O)N[C@H]2C(C)C. The van der Waals surface area contributed by atoms with Crippen LogP contribution in [0.5, 0.6) is 5.75 Å². The number of benzene rings is 3. The minimum absolute atomic E-state index is 0.0205. The third kappa shape index (κ3) is 4.45. The maximum absolute atomic E-state index is 13.9. The van der Waals surface area contributed by atoms with E-state index in [-0.39, 0.29) is 29.7 Å². The van der Waals surface area contributed by atoms with Gasteiger partial charge in [-0.1, -0.05) is 74.5 Å². The number of anilines is 1. The van der Waals surface area contributed by atoms with E-state index < -0.39 is 47.6 Å². The number of nitrogens with one attached hydrogen (secondary N) is 3. The topological polar surface area (TPSA) is 152 Å². The van der Waals surface area contributed by atoms with Crippen LogP contribution in [0.25, 0.3) is 0 Å². The molecule has 1 unspecified atom stereocenters. The highest BCUT2D eigenvalue weighted by molar-refractivity contribution is 5.92. The second-order valence-electron chi connectivity index (χ2n) is 11.9. The van der Waals surface area contributed by atoms with Crippen molar-refractivity contribution in [3.63, 3.8) is 0 Å². The van der Waals surface area contributed by atoms with Crippen molar-refractivity contribution in [3.8, 4) is 5.75 Å². The number of nitrogens with zero attached hydrogens (tertiary/aromatic N) is 1. The maximum atomic E-state index is 13.9. The Hall–Kier alpha value is -5.16. The van der Waals surface area contributed by atoms with Crippen molar-refractivity contribution in [2.75, 3.05) is 12.4 Å². The van der Waals surface area contributed by atoms with Crippen LogP contribution in [0.3, 0.4) is 0 Å². The first-order valence-electron chi connectivity index (χ1n) is 14.8. The number of aromatic nitrogens is 1. The number of esters is 1. The number of ether oxygens (including phenoxy) is 2. The van der Waals surface area contributed by atoms with Crippen molar-refractivity contribution >= 4 is 23.5 Å². The Morgan fingerprint density at radius 1 is 1.04 bits per heavy atom. The zero-order chi connectivity index (χ0) is 31.5. The second-order valence-corrected chi connectivity index (χ2v) is 11.9. The molecule has 1 aromatic heterocycles. The summed E-state index contributed by atoms with van der Waals surface area (Å²) in [5, 5.41) is 20.0. The molecule has 2 amide bonds. The minimum Gasteiger partial charge on any atom is -0.469 e. The summed E-state index contributed by atoms with van der Waals surface area (Å²) in [6.07, 6.45) is -2.03. The van der Waals surface area contributed by atoms with Crippen LogP contribution in [-0.2, 0) is 26.2 Å². The number of carbonyl (C=O) groups excluding carboxylic acids is 3. The molecule has 45 heavy (non-hydrogen) atoms. The molecule has 3 aliphatic rings. The molecule has 0 fully saturated rings. The third-order valence-electron chi connectivity index (χ3n) is 8.79. The molecule has 0 aliphatic carbocycles. The van der Waals surface area contributed by atoms with Gasteiger partial charge in [0.1, 0.15) is 23.2 Å². The van der Waals surface area contributed by atoms with Crippen molar-refractivity contribution in [3.05, 3.63) is 112 Å². The van der Waals surface area contributed by atoms with E-state index in [1.54, 1.807) is 30.3 Å². The maximum Gasteiger partial charge on any atom is 0.360 e. The van der Waals surface area contributed by atoms with Crippen LogP contribution in [0.15, 0.2) is 77.2 Å². The smallest absolute Gasteiger partial charge is 0.360 e. The Balaban J connectivity index is 1.41. The average Bonchev–Trinajstić information content (AvgIpc) is 3.71. The monoisotopic (exact) mass is 608 g/mol. The zero-order valence-corrected chi connectivity index (χ0v) is 24.9. The van der Waals surface area contributed by atoms with Gasteiger partial charge < -0.3 is 34.9 Å². The van der Waals surface area contributed by atoms with Gasteiger partial charge in [-0.05, 0) is 34.7 Å². The third-order valence-corrected chi connectivity index (χ3v) is 8.79. The fourth-order valence-corrected chi connectivity index (χ4v) is 6.58. The summed E-state index contributed by atoms with van der Waals surface area (Å²) in [6, 6.07) is 19.9. The Labute approximate surface area is 258 Å². The second kappa shape index (κ2) is 10.8. The number of aliphatic hydroxyl groups is 1. The molecule has 4 heterocycles. The Bertz CT molecular complexity index is 1820. The molecular formula is C34H32N4O7. The first-order chi connectivity index (χ1) is 21.7. The van der Waals surface area contributed by atoms with Gasteiger partial charge in [-0.3, -0.25) is 9.59 Å². The van der Waals surface area contributed by atoms with Gasteiger partial charge in [0.25, 0.3) is 5.91 Å². The Morgan fingerprint density at radius 3 is 2.56 bits per heavy atom. The van der Waals surface area contributed by atoms with E-state index in [0.717, 1.165) is 16.8 Å². The van der Waals surface area contributed by atoms with E-state index in [0.29, 0.717) is 16.9 Å². The molecule has 1 spiro atoms. The molecule has 0 saturated carbocycles. The molecule has 3 aromatic carbocycles. The highest BCUT2D eigenvalue weighted by Crippen LogP contribution is 2.58. The molecule has 0 radical (unpaired) electrons. The van der Waals surface area contributed by atoms with Crippen molar-refractivity contribution < 1.29 is 33.4 Å². The van der Waals surface area contributed by atoms with Crippen molar-refractivity contribution in [2.24, 2.45) is 5.92 Å². The molecule has 0 saturated heterocycles. The summed E-state index contributed by atoms with van der Waals surface area (Å²) in [7, 11) is 1.28. The number of carbonyl (C=O) groups is 3. The normalized spacial score (nSPS) is 23.3. The Kier molecular flexibility index (Phi) is 6.85. The number of hydrogen-bond acceptors (Lipinski definition) is 9. The van der Waals surface area contributed by atoms with Crippen LogP contribution in [0, 0.1) is 5.92 Å². The van der Waals surface area contributed by atoms with Gasteiger partial charge in [0.05, 0.1) is 7.11 Å². The lowest BCUT2D eigenvalue weighted by Gasteiger charge is -2.29. The predicted molar refractivity (Wildman–Crippen MR) is 161 cm³/mol. The van der Waals surface area contributed by atoms with Gasteiger partial charge in [0, 0.05) is 17.7 Å². The highest BCUT2D eigenvalue weighted by Gasteiger charge is 2.61. The molecule has 4 N–H and O–H groups in total. The van der Waals surface area contributed by atoms with E-state index in [9.17, 15) is 19.5 Å². The molecule has 3 aliphatic heterocycles. The predicted octanol–water partition coefficient (Wildman–Crippen LogP) is 3.53.